The molecule has 5 nitrogen and oxygen atoms in total. The van der Waals surface area contributed by atoms with E-state index < -0.39 is 16.8 Å². The second-order valence-electron chi connectivity index (χ2n) is 4.83. The van der Waals surface area contributed by atoms with Gasteiger partial charge in [0.25, 0.3) is 5.69 Å². The molecule has 0 aliphatic heterocycles. The highest BCUT2D eigenvalue weighted by Crippen LogP contribution is 2.29. The minimum absolute atomic E-state index is 0.00987. The zero-order chi connectivity index (χ0) is 15.6. The molecule has 0 heterocycles. The molecule has 0 radical (unpaired) electrons. The first-order chi connectivity index (χ1) is 9.88. The van der Waals surface area contributed by atoms with E-state index in [0.717, 1.165) is 0 Å². The molecule has 0 aromatic heterocycles. The number of anilines is 1. The molecule has 1 atom stereocenters. The Bertz CT molecular complexity index is 689. The topological polar surface area (TPSA) is 75.4 Å². The van der Waals surface area contributed by atoms with Gasteiger partial charge in [-0.25, -0.2) is 4.39 Å². The Labute approximate surface area is 121 Å². The van der Waals surface area contributed by atoms with Gasteiger partial charge in [0.15, 0.2) is 0 Å². The van der Waals surface area contributed by atoms with E-state index in [0.29, 0.717) is 16.8 Å². The van der Waals surface area contributed by atoms with E-state index in [1.165, 1.54) is 24.3 Å². The van der Waals surface area contributed by atoms with Crippen LogP contribution in [0.3, 0.4) is 0 Å². The summed E-state index contributed by atoms with van der Waals surface area (Å²) >= 11 is 0. The zero-order valence-electron chi connectivity index (χ0n) is 11.6. The predicted molar refractivity (Wildman–Crippen MR) is 77.9 cm³/mol. The summed E-state index contributed by atoms with van der Waals surface area (Å²) in [5, 5.41) is 23.7. The first kappa shape index (κ1) is 14.8. The lowest BCUT2D eigenvalue weighted by Crippen LogP contribution is -2.07. The highest BCUT2D eigenvalue weighted by Gasteiger charge is 2.15. The molecule has 0 amide bonds. The number of phenolic OH excluding ortho intramolecular Hbond substituents is 1. The highest BCUT2D eigenvalue weighted by molar-refractivity contribution is 5.56. The molecule has 0 aliphatic carbocycles. The summed E-state index contributed by atoms with van der Waals surface area (Å²) < 4.78 is 13.2. The van der Waals surface area contributed by atoms with Crippen LogP contribution in [0.1, 0.15) is 24.1 Å². The molecule has 2 rings (SSSR count). The number of aromatic hydroxyl groups is 1. The van der Waals surface area contributed by atoms with Crippen LogP contribution >= 0.6 is 0 Å². The van der Waals surface area contributed by atoms with E-state index in [1.807, 2.05) is 0 Å². The molecule has 0 fully saturated rings. The Kier molecular flexibility index (Phi) is 4.07. The molecule has 0 saturated heterocycles. The molecular weight excluding hydrogens is 275 g/mol. The van der Waals surface area contributed by atoms with Crippen molar-refractivity contribution in [1.29, 1.82) is 0 Å². The summed E-state index contributed by atoms with van der Waals surface area (Å²) in [5.74, 6) is -0.482. The highest BCUT2D eigenvalue weighted by atomic mass is 19.1. The van der Waals surface area contributed by atoms with Crippen molar-refractivity contribution >= 4 is 11.4 Å². The van der Waals surface area contributed by atoms with Gasteiger partial charge in [-0.05, 0) is 38.1 Å². The van der Waals surface area contributed by atoms with Crippen LogP contribution in [0.2, 0.25) is 0 Å². The molecular formula is C15H15FN2O3. The van der Waals surface area contributed by atoms with Crippen LogP contribution in [0.5, 0.6) is 5.75 Å². The van der Waals surface area contributed by atoms with E-state index in [-0.39, 0.29) is 11.4 Å². The lowest BCUT2D eigenvalue weighted by molar-refractivity contribution is -0.385. The maximum absolute atomic E-state index is 13.2. The zero-order valence-corrected chi connectivity index (χ0v) is 11.6. The van der Waals surface area contributed by atoms with E-state index in [9.17, 15) is 19.6 Å². The first-order valence-corrected chi connectivity index (χ1v) is 6.38. The smallest absolute Gasteiger partial charge is 0.274 e. The number of aryl methyl sites for hydroxylation is 1. The number of benzene rings is 2. The van der Waals surface area contributed by atoms with Crippen LogP contribution in [-0.4, -0.2) is 10.0 Å². The summed E-state index contributed by atoms with van der Waals surface area (Å²) in [4.78, 5) is 10.5. The Hall–Kier alpha value is -2.63. The number of nitrogens with zero attached hydrogens (tertiary/aromatic N) is 1. The van der Waals surface area contributed by atoms with Gasteiger partial charge in [0.2, 0.25) is 0 Å². The van der Waals surface area contributed by atoms with Gasteiger partial charge in [-0.15, -0.1) is 0 Å². The Morgan fingerprint density at radius 1 is 1.29 bits per heavy atom. The van der Waals surface area contributed by atoms with Gasteiger partial charge in [0.05, 0.1) is 11.0 Å². The minimum atomic E-state index is -0.454. The standard InChI is InChI=1S/C15H15FN2O3/c1-9-3-5-12(8-14(9)18(20)21)17-10(2)13-7-11(16)4-6-15(13)19/h3-8,10,17,19H,1-2H3. The number of phenols is 1. The van der Waals surface area contributed by atoms with Crippen molar-refractivity contribution in [3.05, 3.63) is 63.5 Å². The monoisotopic (exact) mass is 290 g/mol. The Morgan fingerprint density at radius 2 is 2.00 bits per heavy atom. The predicted octanol–water partition coefficient (Wildman–Crippen LogP) is 3.92. The number of nitro groups is 1. The summed E-state index contributed by atoms with van der Waals surface area (Å²) in [6.45, 7) is 3.39. The summed E-state index contributed by atoms with van der Waals surface area (Å²) in [6.07, 6.45) is 0. The van der Waals surface area contributed by atoms with Crippen molar-refractivity contribution in [1.82, 2.24) is 0 Å². The minimum Gasteiger partial charge on any atom is -0.508 e. The number of rotatable bonds is 4. The molecule has 2 aromatic carbocycles. The summed E-state index contributed by atoms with van der Waals surface area (Å²) in [7, 11) is 0. The van der Waals surface area contributed by atoms with Gasteiger partial charge in [-0.3, -0.25) is 10.1 Å². The van der Waals surface area contributed by atoms with Gasteiger partial charge in [0, 0.05) is 22.9 Å². The van der Waals surface area contributed by atoms with Crippen molar-refractivity contribution in [2.75, 3.05) is 5.32 Å². The van der Waals surface area contributed by atoms with Crippen LogP contribution in [0.4, 0.5) is 15.8 Å². The van der Waals surface area contributed by atoms with Crippen LogP contribution in [0, 0.1) is 22.9 Å². The van der Waals surface area contributed by atoms with Gasteiger partial charge in [-0.1, -0.05) is 6.07 Å². The molecule has 0 spiro atoms. The molecule has 1 unspecified atom stereocenters. The van der Waals surface area contributed by atoms with Gasteiger partial charge in [0.1, 0.15) is 11.6 Å². The normalized spacial score (nSPS) is 12.0. The molecule has 0 bridgehead atoms. The number of halogens is 1. The molecule has 0 saturated carbocycles. The largest absolute Gasteiger partial charge is 0.508 e. The molecule has 2 aromatic rings. The Morgan fingerprint density at radius 3 is 2.67 bits per heavy atom. The quantitative estimate of drug-likeness (QED) is 0.661. The van der Waals surface area contributed by atoms with Gasteiger partial charge in [-0.2, -0.15) is 0 Å². The van der Waals surface area contributed by atoms with Crippen molar-refractivity contribution < 1.29 is 14.4 Å². The average molecular weight is 290 g/mol. The average Bonchev–Trinajstić information content (AvgIpc) is 2.43. The third-order valence-corrected chi connectivity index (χ3v) is 3.25. The molecule has 2 N–H and O–H groups in total. The van der Waals surface area contributed by atoms with E-state index in [2.05, 4.69) is 5.32 Å². The maximum atomic E-state index is 13.2. The molecule has 110 valence electrons. The molecule has 0 aliphatic rings. The van der Waals surface area contributed by atoms with Crippen molar-refractivity contribution in [2.24, 2.45) is 0 Å². The van der Waals surface area contributed by atoms with E-state index >= 15 is 0 Å². The van der Waals surface area contributed by atoms with Crippen molar-refractivity contribution in [3.8, 4) is 5.75 Å². The third kappa shape index (κ3) is 3.28. The van der Waals surface area contributed by atoms with Crippen LogP contribution in [0.15, 0.2) is 36.4 Å². The van der Waals surface area contributed by atoms with Crippen LogP contribution < -0.4 is 5.32 Å². The fourth-order valence-corrected chi connectivity index (χ4v) is 2.10. The molecule has 21 heavy (non-hydrogen) atoms. The second kappa shape index (κ2) is 5.78. The fourth-order valence-electron chi connectivity index (χ4n) is 2.10. The second-order valence-corrected chi connectivity index (χ2v) is 4.83. The molecule has 6 heteroatoms. The maximum Gasteiger partial charge on any atom is 0.274 e. The van der Waals surface area contributed by atoms with Gasteiger partial charge >= 0.3 is 0 Å². The van der Waals surface area contributed by atoms with E-state index in [1.54, 1.807) is 26.0 Å². The fraction of sp³-hybridized carbons (Fsp3) is 0.200. The van der Waals surface area contributed by atoms with Crippen molar-refractivity contribution in [3.63, 3.8) is 0 Å². The van der Waals surface area contributed by atoms with E-state index in [4.69, 9.17) is 0 Å². The Balaban J connectivity index is 2.27. The number of nitrogens with one attached hydrogen (secondary N) is 1. The van der Waals surface area contributed by atoms with Crippen molar-refractivity contribution in [2.45, 2.75) is 19.9 Å². The third-order valence-electron chi connectivity index (χ3n) is 3.25. The number of hydrogen-bond acceptors (Lipinski definition) is 4. The lowest BCUT2D eigenvalue weighted by Gasteiger charge is -2.17. The summed E-state index contributed by atoms with van der Waals surface area (Å²) in [6, 6.07) is 8.04. The van der Waals surface area contributed by atoms with Crippen LogP contribution in [0.25, 0.3) is 0 Å². The lowest BCUT2D eigenvalue weighted by atomic mass is 10.1. The van der Waals surface area contributed by atoms with Gasteiger partial charge < -0.3 is 10.4 Å². The van der Waals surface area contributed by atoms with Crippen LogP contribution in [-0.2, 0) is 0 Å². The summed E-state index contributed by atoms with van der Waals surface area (Å²) in [5.41, 5.74) is 1.49. The first-order valence-electron chi connectivity index (χ1n) is 6.38. The SMILES string of the molecule is Cc1ccc(NC(C)c2cc(F)ccc2O)cc1[N+](=O)[O-]. The number of hydrogen-bond donors (Lipinski definition) is 2. The number of nitro benzene ring substituents is 1.